The maximum absolute atomic E-state index is 15.3. The van der Waals surface area contributed by atoms with E-state index in [0.29, 0.717) is 60.4 Å². The Bertz CT molecular complexity index is 1590. The molecule has 1 aliphatic rings. The minimum Gasteiger partial charge on any atom is -0.474 e. The molecule has 14 heteroatoms. The molecule has 3 heterocycles. The van der Waals surface area contributed by atoms with Crippen molar-refractivity contribution in [2.75, 3.05) is 13.1 Å². The van der Waals surface area contributed by atoms with Gasteiger partial charge < -0.3 is 14.5 Å². The first-order chi connectivity index (χ1) is 19.4. The summed E-state index contributed by atoms with van der Waals surface area (Å²) in [6.45, 7) is 12.3. The highest BCUT2D eigenvalue weighted by atomic mass is 32.2. The predicted octanol–water partition coefficient (Wildman–Crippen LogP) is 3.32. The largest absolute Gasteiger partial charge is 0.474 e. The molecule has 0 spiro atoms. The fourth-order valence-electron chi connectivity index (χ4n) is 4.34. The van der Waals surface area contributed by atoms with Crippen LogP contribution in [0.15, 0.2) is 52.6 Å². The summed E-state index contributed by atoms with van der Waals surface area (Å²) in [6, 6.07) is 5.44. The number of sulfonamides is 1. The lowest BCUT2D eigenvalue weighted by Gasteiger charge is -2.32. The summed E-state index contributed by atoms with van der Waals surface area (Å²) in [7, 11) is -4.20. The smallest absolute Gasteiger partial charge is 0.311 e. The molecule has 41 heavy (non-hydrogen) atoms. The van der Waals surface area contributed by atoms with Gasteiger partial charge in [0, 0.05) is 55.9 Å². The Kier molecular flexibility index (Phi) is 8.92. The van der Waals surface area contributed by atoms with Crippen molar-refractivity contribution >= 4 is 27.6 Å². The quantitative estimate of drug-likeness (QED) is 0.230. The third-order valence-corrected chi connectivity index (χ3v) is 8.13. The first kappa shape index (κ1) is 29.9. The van der Waals surface area contributed by atoms with Crippen LogP contribution in [-0.4, -0.2) is 59.0 Å². The van der Waals surface area contributed by atoms with Gasteiger partial charge in [0.25, 0.3) is 10.0 Å². The molecule has 1 saturated heterocycles. The number of benzene rings is 1. The number of aryl methyl sites for hydroxylation is 1. The van der Waals surface area contributed by atoms with Crippen molar-refractivity contribution in [3.05, 3.63) is 54.2 Å². The molecule has 1 fully saturated rings. The zero-order valence-electron chi connectivity index (χ0n) is 23.4. The Hall–Kier alpha value is -4.04. The number of halogens is 1. The third kappa shape index (κ3) is 6.49. The van der Waals surface area contributed by atoms with Gasteiger partial charge in [-0.1, -0.05) is 27.4 Å². The number of likely N-dealkylation sites (tertiary alicyclic amines) is 1. The first-order valence-corrected chi connectivity index (χ1v) is 14.7. The van der Waals surface area contributed by atoms with Crippen LogP contribution >= 0.6 is 0 Å². The number of rotatable bonds is 8. The van der Waals surface area contributed by atoms with Crippen LogP contribution in [0.25, 0.3) is 16.8 Å². The number of amidine groups is 1. The third-order valence-electron chi connectivity index (χ3n) is 6.76. The molecule has 1 amide bonds. The summed E-state index contributed by atoms with van der Waals surface area (Å²) in [4.78, 5) is 27.0. The molecular formula is C27H34FN7O5S. The van der Waals surface area contributed by atoms with Crippen molar-refractivity contribution in [2.24, 2.45) is 16.8 Å². The number of allylic oxidation sites excluding steroid dienone is 1. The molecule has 0 atom stereocenters. The number of amides is 1. The molecule has 2 aromatic heterocycles. The maximum Gasteiger partial charge on any atom is 0.311 e. The molecule has 12 nitrogen and oxygen atoms in total. The molecule has 3 N–H and O–H groups in total. The Morgan fingerprint density at radius 1 is 1.29 bits per heavy atom. The number of hydrogen-bond acceptors (Lipinski definition) is 9. The second kappa shape index (κ2) is 12.2. The van der Waals surface area contributed by atoms with Crippen LogP contribution in [0.2, 0.25) is 0 Å². The highest BCUT2D eigenvalue weighted by Crippen LogP contribution is 2.33. The van der Waals surface area contributed by atoms with Gasteiger partial charge in [0.05, 0.1) is 16.2 Å². The second-order valence-corrected chi connectivity index (χ2v) is 11.6. The monoisotopic (exact) mass is 587 g/mol. The van der Waals surface area contributed by atoms with Crippen LogP contribution in [0.1, 0.15) is 45.7 Å². The highest BCUT2D eigenvalue weighted by molar-refractivity contribution is 7.90. The summed E-state index contributed by atoms with van der Waals surface area (Å²) < 4.78 is 49.9. The number of aliphatic imine (C=N–C) groups is 1. The van der Waals surface area contributed by atoms with E-state index in [9.17, 15) is 13.2 Å². The van der Waals surface area contributed by atoms with E-state index < -0.39 is 21.7 Å². The molecular weight excluding hydrogens is 553 g/mol. The van der Waals surface area contributed by atoms with Crippen molar-refractivity contribution in [1.82, 2.24) is 24.2 Å². The predicted molar refractivity (Wildman–Crippen MR) is 151 cm³/mol. The van der Waals surface area contributed by atoms with E-state index in [4.69, 9.17) is 15.5 Å². The average molecular weight is 588 g/mol. The van der Waals surface area contributed by atoms with Gasteiger partial charge in [-0.3, -0.25) is 4.79 Å². The van der Waals surface area contributed by atoms with Gasteiger partial charge in [0.15, 0.2) is 5.65 Å². The van der Waals surface area contributed by atoms with Crippen molar-refractivity contribution in [3.8, 4) is 17.0 Å². The number of carbonyl (C=O) groups is 1. The zero-order valence-corrected chi connectivity index (χ0v) is 24.2. The van der Waals surface area contributed by atoms with Crippen LogP contribution < -0.4 is 15.4 Å². The summed E-state index contributed by atoms with van der Waals surface area (Å²) in [5, 5.41) is 4.53. The van der Waals surface area contributed by atoms with Crippen LogP contribution in [0, 0.1) is 18.7 Å². The van der Waals surface area contributed by atoms with E-state index >= 15 is 4.39 Å². The van der Waals surface area contributed by atoms with Crippen molar-refractivity contribution in [3.63, 3.8) is 0 Å². The first-order valence-electron chi connectivity index (χ1n) is 13.2. The van der Waals surface area contributed by atoms with Gasteiger partial charge >= 0.3 is 6.02 Å². The normalized spacial score (nSPS) is 14.9. The van der Waals surface area contributed by atoms with Crippen LogP contribution in [0.4, 0.5) is 4.39 Å². The van der Waals surface area contributed by atoms with E-state index in [1.54, 1.807) is 19.2 Å². The van der Waals surface area contributed by atoms with Crippen molar-refractivity contribution in [2.45, 2.75) is 58.0 Å². The minimum absolute atomic E-state index is 0.0254. The molecule has 1 aromatic carbocycles. The Labute approximate surface area is 238 Å². The molecule has 3 aromatic rings. The van der Waals surface area contributed by atoms with Crippen LogP contribution in [0.5, 0.6) is 5.88 Å². The highest BCUT2D eigenvalue weighted by Gasteiger charge is 2.26. The van der Waals surface area contributed by atoms with Crippen molar-refractivity contribution < 1.29 is 27.2 Å². The number of nitrogens with one attached hydrogen (secondary N) is 1. The van der Waals surface area contributed by atoms with Crippen molar-refractivity contribution in [1.29, 1.82) is 0 Å². The van der Waals surface area contributed by atoms with Crippen LogP contribution in [0.3, 0.4) is 0 Å². The molecule has 0 unspecified atom stereocenters. The molecule has 4 rings (SSSR count). The number of ether oxygens (including phenoxy) is 1. The lowest BCUT2D eigenvalue weighted by molar-refractivity contribution is -0.119. The van der Waals surface area contributed by atoms with Gasteiger partial charge in [0.2, 0.25) is 11.8 Å². The standard InChI is InChI=1S/C27H34FN7O5S/c1-6-23(36)33-41(37,38)20-7-8-21(22(28)15-20)25-18(5)32-35-24(9-12-30-26(25)35)39-19-10-13-34(14-11-19)27(40-29)31-17(4)16(2)3/h7-9,12,15-16,19H,4,6,10-11,13-14,29H2,1-3,5H3,(H,33,36)/b31-27-. The average Bonchev–Trinajstić information content (AvgIpc) is 3.28. The molecule has 0 radical (unpaired) electrons. The van der Waals surface area contributed by atoms with E-state index in [-0.39, 0.29) is 28.9 Å². The summed E-state index contributed by atoms with van der Waals surface area (Å²) in [5.74, 6) is 4.57. The van der Waals surface area contributed by atoms with E-state index in [2.05, 4.69) is 21.7 Å². The topological polar surface area (TPSA) is 154 Å². The number of nitrogens with two attached hydrogens (primary N) is 1. The van der Waals surface area contributed by atoms with E-state index in [1.165, 1.54) is 23.6 Å². The van der Waals surface area contributed by atoms with Gasteiger partial charge in [-0.2, -0.15) is 15.5 Å². The van der Waals surface area contributed by atoms with Gasteiger partial charge in [-0.15, -0.1) is 0 Å². The molecule has 0 saturated carbocycles. The van der Waals surface area contributed by atoms with Gasteiger partial charge in [0.1, 0.15) is 11.9 Å². The number of nitrogens with zero attached hydrogens (tertiary/aromatic N) is 5. The van der Waals surface area contributed by atoms with Crippen LogP contribution in [-0.2, 0) is 19.7 Å². The SMILES string of the molecule is C=C(/N=C(\ON)N1CCC(Oc2ccnc3c(-c4ccc(S(=O)(=O)NC(=O)CC)cc4F)c(C)nn23)CC1)C(C)C. The minimum atomic E-state index is -4.20. The zero-order chi connectivity index (χ0) is 29.9. The fourth-order valence-corrected chi connectivity index (χ4v) is 5.41. The molecule has 220 valence electrons. The Morgan fingerprint density at radius 2 is 2.00 bits per heavy atom. The van der Waals surface area contributed by atoms with Gasteiger partial charge in [-0.05, 0) is 31.0 Å². The lowest BCUT2D eigenvalue weighted by atomic mass is 10.1. The summed E-state index contributed by atoms with van der Waals surface area (Å²) in [6.07, 6.45) is 2.70. The number of aromatic nitrogens is 3. The molecule has 1 aliphatic heterocycles. The number of piperidine rings is 1. The summed E-state index contributed by atoms with van der Waals surface area (Å²) in [5.41, 5.74) is 2.01. The Morgan fingerprint density at radius 3 is 2.61 bits per heavy atom. The molecule has 0 bridgehead atoms. The van der Waals surface area contributed by atoms with E-state index in [0.717, 1.165) is 6.07 Å². The second-order valence-electron chi connectivity index (χ2n) is 9.97. The summed E-state index contributed by atoms with van der Waals surface area (Å²) >= 11 is 0. The number of carbonyl (C=O) groups excluding carboxylic acids is 1. The number of fused-ring (bicyclic) bond motifs is 1. The molecule has 0 aliphatic carbocycles. The Balaban J connectivity index is 1.55. The maximum atomic E-state index is 15.3. The number of hydrogen-bond donors (Lipinski definition) is 2. The van der Waals surface area contributed by atoms with Gasteiger partial charge in [-0.25, -0.2) is 27.5 Å². The van der Waals surface area contributed by atoms with E-state index in [1.807, 2.05) is 23.5 Å². The lowest BCUT2D eigenvalue weighted by Crippen LogP contribution is -2.43. The fraction of sp³-hybridized carbons (Fsp3) is 0.407.